The average molecular weight is 337 g/mol. The fraction of sp³-hybridized carbons (Fsp3) is 0.500. The van der Waals surface area contributed by atoms with Crippen LogP contribution in [0.25, 0.3) is 0 Å². The van der Waals surface area contributed by atoms with Gasteiger partial charge in [-0.1, -0.05) is 5.21 Å². The normalized spacial score (nSPS) is 20.7. The van der Waals surface area contributed by atoms with E-state index in [4.69, 9.17) is 0 Å². The van der Waals surface area contributed by atoms with E-state index in [1.807, 2.05) is 0 Å². The number of fused-ring (bicyclic) bond motifs is 1. The monoisotopic (exact) mass is 337 g/mol. The summed E-state index contributed by atoms with van der Waals surface area (Å²) in [6.07, 6.45) is 6.43. The summed E-state index contributed by atoms with van der Waals surface area (Å²) in [6.45, 7) is 1.05. The van der Waals surface area contributed by atoms with Crippen LogP contribution in [0.2, 0.25) is 0 Å². The minimum atomic E-state index is -3.69. The number of carbonyl (C=O) groups is 1. The highest BCUT2D eigenvalue weighted by atomic mass is 32.2. The molecule has 10 nitrogen and oxygen atoms in total. The molecule has 1 saturated carbocycles. The molecule has 2 aromatic heterocycles. The fourth-order valence-electron chi connectivity index (χ4n) is 2.76. The number of sulfonamides is 1. The lowest BCUT2D eigenvalue weighted by molar-refractivity contribution is 0.0940. The van der Waals surface area contributed by atoms with Crippen LogP contribution in [-0.4, -0.2) is 52.2 Å². The van der Waals surface area contributed by atoms with Gasteiger partial charge in [0, 0.05) is 19.3 Å². The number of aromatic nitrogens is 5. The second-order valence-electron chi connectivity index (χ2n) is 5.74. The van der Waals surface area contributed by atoms with Crippen LogP contribution in [0.4, 0.5) is 0 Å². The van der Waals surface area contributed by atoms with Crippen molar-refractivity contribution >= 4 is 15.9 Å². The molecule has 0 atom stereocenters. The predicted octanol–water partition coefficient (Wildman–Crippen LogP) is -1.31. The smallest absolute Gasteiger partial charge is 0.258 e. The zero-order valence-electron chi connectivity index (χ0n) is 12.1. The van der Waals surface area contributed by atoms with Crippen molar-refractivity contribution in [3.8, 4) is 0 Å². The van der Waals surface area contributed by atoms with Crippen molar-refractivity contribution < 1.29 is 13.2 Å². The Bertz CT molecular complexity index is 851. The second kappa shape index (κ2) is 4.86. The molecule has 4 rings (SSSR count). The van der Waals surface area contributed by atoms with Crippen LogP contribution in [-0.2, 0) is 22.1 Å². The Morgan fingerprint density at radius 2 is 2.26 bits per heavy atom. The van der Waals surface area contributed by atoms with Crippen molar-refractivity contribution in [1.82, 2.24) is 34.8 Å². The van der Waals surface area contributed by atoms with E-state index in [0.29, 0.717) is 13.1 Å². The van der Waals surface area contributed by atoms with Crippen LogP contribution in [0.15, 0.2) is 23.6 Å². The van der Waals surface area contributed by atoms with E-state index in [1.165, 1.54) is 10.9 Å². The highest BCUT2D eigenvalue weighted by Crippen LogP contribution is 2.42. The number of hydrogen-bond acceptors (Lipinski definition) is 6. The SMILES string of the molecule is O=C(NCC1(n2ccnn2)CC1)c1cnn2c1S(=O)(=O)NCC2. The predicted molar refractivity (Wildman–Crippen MR) is 77.0 cm³/mol. The lowest BCUT2D eigenvalue weighted by atomic mass is 10.2. The molecule has 1 amide bonds. The summed E-state index contributed by atoms with van der Waals surface area (Å²) in [6, 6.07) is 0. The molecule has 11 heteroatoms. The lowest BCUT2D eigenvalue weighted by Crippen LogP contribution is -2.39. The molecule has 23 heavy (non-hydrogen) atoms. The van der Waals surface area contributed by atoms with Gasteiger partial charge < -0.3 is 5.32 Å². The molecule has 2 aliphatic rings. The molecule has 1 aliphatic heterocycles. The Balaban J connectivity index is 1.54. The van der Waals surface area contributed by atoms with Crippen LogP contribution in [0.3, 0.4) is 0 Å². The number of carbonyl (C=O) groups excluding carboxylic acids is 1. The molecule has 1 aliphatic carbocycles. The van der Waals surface area contributed by atoms with Gasteiger partial charge in [0.05, 0.1) is 30.0 Å². The first kappa shape index (κ1) is 14.3. The molecule has 0 spiro atoms. The number of nitrogens with one attached hydrogen (secondary N) is 2. The lowest BCUT2D eigenvalue weighted by Gasteiger charge is -2.18. The largest absolute Gasteiger partial charge is 0.349 e. The van der Waals surface area contributed by atoms with Gasteiger partial charge in [-0.3, -0.25) is 9.48 Å². The van der Waals surface area contributed by atoms with E-state index in [1.54, 1.807) is 17.1 Å². The maximum Gasteiger partial charge on any atom is 0.258 e. The minimum absolute atomic E-state index is 0.0617. The summed E-state index contributed by atoms with van der Waals surface area (Å²) in [5.41, 5.74) is -0.192. The van der Waals surface area contributed by atoms with Crippen LogP contribution >= 0.6 is 0 Å². The van der Waals surface area contributed by atoms with Gasteiger partial charge in [0.1, 0.15) is 0 Å². The molecule has 0 unspecified atom stereocenters. The third kappa shape index (κ3) is 2.32. The van der Waals surface area contributed by atoms with E-state index in [0.717, 1.165) is 12.8 Å². The Morgan fingerprint density at radius 1 is 1.43 bits per heavy atom. The van der Waals surface area contributed by atoms with Crippen LogP contribution < -0.4 is 10.0 Å². The van der Waals surface area contributed by atoms with Gasteiger partial charge in [-0.15, -0.1) is 5.10 Å². The zero-order valence-corrected chi connectivity index (χ0v) is 13.0. The Labute approximate surface area is 131 Å². The Hall–Kier alpha value is -2.27. The van der Waals surface area contributed by atoms with E-state index in [2.05, 4.69) is 25.4 Å². The van der Waals surface area contributed by atoms with E-state index in [-0.39, 0.29) is 22.7 Å². The molecule has 0 saturated heterocycles. The summed E-state index contributed by atoms with van der Waals surface area (Å²) < 4.78 is 29.7. The van der Waals surface area contributed by atoms with Gasteiger partial charge in [-0.05, 0) is 12.8 Å². The van der Waals surface area contributed by atoms with Gasteiger partial charge >= 0.3 is 0 Å². The van der Waals surface area contributed by atoms with Gasteiger partial charge in [0.15, 0.2) is 5.03 Å². The molecule has 1 fully saturated rings. The summed E-state index contributed by atoms with van der Waals surface area (Å²) >= 11 is 0. The standard InChI is InChI=1S/C12H15N7O3S/c20-10(13-8-12(1-2-12)19-6-3-14-17-19)9-7-15-18-5-4-16-23(21,22)11(9)18/h3,6-7,16H,1-2,4-5,8H2,(H,13,20). The molecule has 0 radical (unpaired) electrons. The Kier molecular flexibility index (Phi) is 3.03. The van der Waals surface area contributed by atoms with E-state index in [9.17, 15) is 13.2 Å². The van der Waals surface area contributed by atoms with Crippen LogP contribution in [0, 0.1) is 0 Å². The first-order valence-corrected chi connectivity index (χ1v) is 8.71. The molecular formula is C12H15N7O3S. The first-order chi connectivity index (χ1) is 11.0. The maximum absolute atomic E-state index is 12.4. The van der Waals surface area contributed by atoms with Crippen LogP contribution in [0.5, 0.6) is 0 Å². The van der Waals surface area contributed by atoms with Crippen molar-refractivity contribution in [3.63, 3.8) is 0 Å². The van der Waals surface area contributed by atoms with Crippen molar-refractivity contribution in [2.75, 3.05) is 13.1 Å². The summed E-state index contributed by atoms with van der Waals surface area (Å²) in [5, 5.41) is 14.5. The average Bonchev–Trinajstić information content (AvgIpc) is 2.94. The van der Waals surface area contributed by atoms with Crippen molar-refractivity contribution in [2.45, 2.75) is 30.0 Å². The molecule has 0 bridgehead atoms. The molecule has 2 aromatic rings. The minimum Gasteiger partial charge on any atom is -0.349 e. The van der Waals surface area contributed by atoms with E-state index >= 15 is 0 Å². The summed E-state index contributed by atoms with van der Waals surface area (Å²) in [4.78, 5) is 12.4. The Morgan fingerprint density at radius 3 is 2.96 bits per heavy atom. The van der Waals surface area contributed by atoms with Crippen molar-refractivity contribution in [2.24, 2.45) is 0 Å². The topological polar surface area (TPSA) is 124 Å². The molecular weight excluding hydrogens is 322 g/mol. The zero-order chi connectivity index (χ0) is 16.1. The van der Waals surface area contributed by atoms with Crippen molar-refractivity contribution in [3.05, 3.63) is 24.2 Å². The first-order valence-electron chi connectivity index (χ1n) is 7.22. The third-order valence-corrected chi connectivity index (χ3v) is 5.74. The second-order valence-corrected chi connectivity index (χ2v) is 7.42. The van der Waals surface area contributed by atoms with Crippen molar-refractivity contribution in [1.29, 1.82) is 0 Å². The number of nitrogens with zero attached hydrogens (tertiary/aromatic N) is 5. The number of amides is 1. The van der Waals surface area contributed by atoms with Gasteiger partial charge in [-0.2, -0.15) is 5.10 Å². The highest BCUT2D eigenvalue weighted by molar-refractivity contribution is 7.89. The molecule has 2 N–H and O–H groups in total. The van der Waals surface area contributed by atoms with Gasteiger partial charge in [-0.25, -0.2) is 17.8 Å². The molecule has 0 aromatic carbocycles. The van der Waals surface area contributed by atoms with Gasteiger partial charge in [0.2, 0.25) is 0 Å². The summed E-state index contributed by atoms with van der Waals surface area (Å²) in [5.74, 6) is -0.454. The molecule has 3 heterocycles. The number of rotatable bonds is 4. The number of hydrogen-bond donors (Lipinski definition) is 2. The summed E-state index contributed by atoms with van der Waals surface area (Å²) in [7, 11) is -3.69. The highest BCUT2D eigenvalue weighted by Gasteiger charge is 2.46. The van der Waals surface area contributed by atoms with Gasteiger partial charge in [0.25, 0.3) is 15.9 Å². The van der Waals surface area contributed by atoms with E-state index < -0.39 is 15.9 Å². The quantitative estimate of drug-likeness (QED) is 0.713. The third-order valence-electron chi connectivity index (χ3n) is 4.22. The molecule has 122 valence electrons. The van der Waals surface area contributed by atoms with Crippen LogP contribution in [0.1, 0.15) is 23.2 Å². The maximum atomic E-state index is 12.4. The fourth-order valence-corrected chi connectivity index (χ4v) is 4.11.